The van der Waals surface area contributed by atoms with Crippen LogP contribution >= 0.6 is 11.3 Å². The standard InChI is InChI=1S/C14H15NO4S/c1-9-3-5-10(6-4-9)19-7-12(16)13-15-11(8-20-13)14(17)18-2/h3-6,8,12,16H,7H2,1-2H3. The SMILES string of the molecule is COC(=O)c1csc(C(O)COc2ccc(C)cc2)n1. The van der Waals surface area contributed by atoms with Crippen molar-refractivity contribution in [1.82, 2.24) is 4.98 Å². The maximum absolute atomic E-state index is 11.3. The first-order chi connectivity index (χ1) is 9.60. The van der Waals surface area contributed by atoms with E-state index in [0.29, 0.717) is 10.8 Å². The molecule has 1 N–H and O–H groups in total. The summed E-state index contributed by atoms with van der Waals surface area (Å²) in [7, 11) is 1.29. The highest BCUT2D eigenvalue weighted by Crippen LogP contribution is 2.20. The lowest BCUT2D eigenvalue weighted by atomic mass is 10.2. The minimum absolute atomic E-state index is 0.0805. The summed E-state index contributed by atoms with van der Waals surface area (Å²) >= 11 is 1.20. The average molecular weight is 293 g/mol. The zero-order valence-electron chi connectivity index (χ0n) is 11.2. The number of hydrogen-bond donors (Lipinski definition) is 1. The topological polar surface area (TPSA) is 68.7 Å². The normalized spacial score (nSPS) is 11.9. The van der Waals surface area contributed by atoms with Gasteiger partial charge in [0.15, 0.2) is 5.69 Å². The van der Waals surface area contributed by atoms with Crippen molar-refractivity contribution in [1.29, 1.82) is 0 Å². The van der Waals surface area contributed by atoms with Crippen LogP contribution in [0, 0.1) is 6.92 Å². The van der Waals surface area contributed by atoms with Crippen molar-refractivity contribution in [2.75, 3.05) is 13.7 Å². The second kappa shape index (κ2) is 6.49. The van der Waals surface area contributed by atoms with Gasteiger partial charge in [0.25, 0.3) is 0 Å². The number of carbonyl (C=O) groups is 1. The van der Waals surface area contributed by atoms with E-state index in [9.17, 15) is 9.90 Å². The number of rotatable bonds is 5. The number of benzene rings is 1. The van der Waals surface area contributed by atoms with Gasteiger partial charge in [-0.15, -0.1) is 11.3 Å². The largest absolute Gasteiger partial charge is 0.490 e. The van der Waals surface area contributed by atoms with Gasteiger partial charge in [-0.05, 0) is 19.1 Å². The summed E-state index contributed by atoms with van der Waals surface area (Å²) < 4.78 is 10.0. The van der Waals surface area contributed by atoms with Gasteiger partial charge in [-0.25, -0.2) is 9.78 Å². The van der Waals surface area contributed by atoms with Gasteiger partial charge in [0.2, 0.25) is 0 Å². The Balaban J connectivity index is 1.94. The Kier molecular flexibility index (Phi) is 4.70. The molecule has 0 saturated heterocycles. The highest BCUT2D eigenvalue weighted by Gasteiger charge is 2.17. The second-order valence-corrected chi connectivity index (χ2v) is 5.09. The Bertz CT molecular complexity index is 579. The second-order valence-electron chi connectivity index (χ2n) is 4.20. The van der Waals surface area contributed by atoms with Gasteiger partial charge in [0, 0.05) is 5.38 Å². The number of thiazole rings is 1. The fourth-order valence-electron chi connectivity index (χ4n) is 1.52. The van der Waals surface area contributed by atoms with Gasteiger partial charge in [-0.2, -0.15) is 0 Å². The lowest BCUT2D eigenvalue weighted by Gasteiger charge is -2.10. The summed E-state index contributed by atoms with van der Waals surface area (Å²) in [5.74, 6) is 0.165. The van der Waals surface area contributed by atoms with Crippen LogP contribution in [0.15, 0.2) is 29.6 Å². The first-order valence-electron chi connectivity index (χ1n) is 6.01. The molecule has 2 rings (SSSR count). The highest BCUT2D eigenvalue weighted by molar-refractivity contribution is 7.09. The fourth-order valence-corrected chi connectivity index (χ4v) is 2.28. The molecular formula is C14H15NO4S. The number of nitrogens with zero attached hydrogens (tertiary/aromatic N) is 1. The van der Waals surface area contributed by atoms with Crippen LogP contribution in [0.3, 0.4) is 0 Å². The van der Waals surface area contributed by atoms with Crippen LogP contribution in [-0.4, -0.2) is 29.8 Å². The molecule has 1 aromatic heterocycles. The molecule has 2 aromatic rings. The van der Waals surface area contributed by atoms with Crippen LogP contribution in [0.4, 0.5) is 0 Å². The first kappa shape index (κ1) is 14.5. The Morgan fingerprint density at radius 3 is 2.75 bits per heavy atom. The summed E-state index contributed by atoms with van der Waals surface area (Å²) in [5.41, 5.74) is 1.34. The van der Waals surface area contributed by atoms with E-state index in [1.54, 1.807) is 5.38 Å². The molecule has 0 aliphatic rings. The molecule has 0 aliphatic carbocycles. The Morgan fingerprint density at radius 1 is 1.40 bits per heavy atom. The predicted molar refractivity (Wildman–Crippen MR) is 75.1 cm³/mol. The van der Waals surface area contributed by atoms with E-state index in [1.165, 1.54) is 18.4 Å². The number of carbonyl (C=O) groups excluding carboxylic acids is 1. The molecule has 5 nitrogen and oxygen atoms in total. The number of methoxy groups -OCH3 is 1. The Hall–Kier alpha value is -1.92. The van der Waals surface area contributed by atoms with Gasteiger partial charge in [0.05, 0.1) is 7.11 Å². The lowest BCUT2D eigenvalue weighted by molar-refractivity contribution is 0.0593. The van der Waals surface area contributed by atoms with E-state index in [4.69, 9.17) is 4.74 Å². The maximum atomic E-state index is 11.3. The van der Waals surface area contributed by atoms with Gasteiger partial charge in [-0.3, -0.25) is 0 Å². The van der Waals surface area contributed by atoms with E-state index in [0.717, 1.165) is 5.56 Å². The van der Waals surface area contributed by atoms with E-state index in [1.807, 2.05) is 31.2 Å². The summed E-state index contributed by atoms with van der Waals surface area (Å²) in [5, 5.41) is 12.0. The molecule has 1 unspecified atom stereocenters. The number of ether oxygens (including phenoxy) is 2. The average Bonchev–Trinajstić information content (AvgIpc) is 2.95. The third kappa shape index (κ3) is 3.55. The summed E-state index contributed by atoms with van der Waals surface area (Å²) in [6.45, 7) is 2.07. The van der Waals surface area contributed by atoms with Crippen molar-refractivity contribution >= 4 is 17.3 Å². The van der Waals surface area contributed by atoms with Crippen LogP contribution in [0.25, 0.3) is 0 Å². The number of esters is 1. The van der Waals surface area contributed by atoms with Gasteiger partial charge in [-0.1, -0.05) is 17.7 Å². The van der Waals surface area contributed by atoms with Gasteiger partial charge < -0.3 is 14.6 Å². The molecule has 0 amide bonds. The van der Waals surface area contributed by atoms with Crippen molar-refractivity contribution in [2.45, 2.75) is 13.0 Å². The van der Waals surface area contributed by atoms with Crippen molar-refractivity contribution in [3.05, 3.63) is 45.9 Å². The minimum Gasteiger partial charge on any atom is -0.490 e. The molecule has 1 aromatic carbocycles. The van der Waals surface area contributed by atoms with Gasteiger partial charge in [0.1, 0.15) is 23.5 Å². The number of aliphatic hydroxyl groups excluding tert-OH is 1. The lowest BCUT2D eigenvalue weighted by Crippen LogP contribution is -2.10. The van der Waals surface area contributed by atoms with E-state index in [-0.39, 0.29) is 12.3 Å². The third-order valence-electron chi connectivity index (χ3n) is 2.63. The summed E-state index contributed by atoms with van der Waals surface area (Å²) in [6, 6.07) is 7.54. The van der Waals surface area contributed by atoms with E-state index < -0.39 is 12.1 Å². The van der Waals surface area contributed by atoms with E-state index >= 15 is 0 Å². The maximum Gasteiger partial charge on any atom is 0.357 e. The zero-order chi connectivity index (χ0) is 14.5. The molecule has 0 saturated carbocycles. The van der Waals surface area contributed by atoms with Crippen LogP contribution < -0.4 is 4.74 Å². The van der Waals surface area contributed by atoms with E-state index in [2.05, 4.69) is 9.72 Å². The molecule has 0 bridgehead atoms. The molecule has 0 radical (unpaired) electrons. The Morgan fingerprint density at radius 2 is 2.10 bits per heavy atom. The quantitative estimate of drug-likeness (QED) is 0.857. The molecule has 20 heavy (non-hydrogen) atoms. The molecule has 0 fully saturated rings. The molecule has 1 heterocycles. The first-order valence-corrected chi connectivity index (χ1v) is 6.89. The van der Waals surface area contributed by atoms with Crippen molar-refractivity contribution in [3.8, 4) is 5.75 Å². The summed E-state index contributed by atoms with van der Waals surface area (Å²) in [6.07, 6.45) is -0.875. The smallest absolute Gasteiger partial charge is 0.357 e. The number of aromatic nitrogens is 1. The van der Waals surface area contributed by atoms with Crippen molar-refractivity contribution in [3.63, 3.8) is 0 Å². The van der Waals surface area contributed by atoms with Crippen LogP contribution in [0.1, 0.15) is 27.2 Å². The Labute approximate surface area is 120 Å². The number of aliphatic hydroxyl groups is 1. The molecule has 1 atom stereocenters. The van der Waals surface area contributed by atoms with Crippen molar-refractivity contribution in [2.24, 2.45) is 0 Å². The van der Waals surface area contributed by atoms with Gasteiger partial charge >= 0.3 is 5.97 Å². The third-order valence-corrected chi connectivity index (χ3v) is 3.58. The molecular weight excluding hydrogens is 278 g/mol. The molecule has 106 valence electrons. The highest BCUT2D eigenvalue weighted by atomic mass is 32.1. The van der Waals surface area contributed by atoms with Crippen LogP contribution in [0.5, 0.6) is 5.75 Å². The minimum atomic E-state index is -0.875. The van der Waals surface area contributed by atoms with Crippen molar-refractivity contribution < 1.29 is 19.4 Å². The van der Waals surface area contributed by atoms with Crippen LogP contribution in [0.2, 0.25) is 0 Å². The fraction of sp³-hybridized carbons (Fsp3) is 0.286. The molecule has 0 aliphatic heterocycles. The monoisotopic (exact) mass is 293 g/mol. The molecule has 0 spiro atoms. The molecule has 6 heteroatoms. The zero-order valence-corrected chi connectivity index (χ0v) is 12.0. The van der Waals surface area contributed by atoms with Crippen LogP contribution in [-0.2, 0) is 4.74 Å². The summed E-state index contributed by atoms with van der Waals surface area (Å²) in [4.78, 5) is 15.3. The number of hydrogen-bond acceptors (Lipinski definition) is 6. The predicted octanol–water partition coefficient (Wildman–Crippen LogP) is 2.35. The number of aryl methyl sites for hydroxylation is 1.